The number of amides is 1. The molecule has 1 spiro atoms. The van der Waals surface area contributed by atoms with E-state index in [-0.39, 0.29) is 11.7 Å². The molecule has 2 aliphatic heterocycles. The minimum Gasteiger partial charge on any atom is -0.506 e. The van der Waals surface area contributed by atoms with Crippen molar-refractivity contribution in [2.45, 2.75) is 18.3 Å². The fraction of sp³-hybridized carbons (Fsp3) is 0.312. The van der Waals surface area contributed by atoms with Crippen LogP contribution in [0.15, 0.2) is 36.7 Å². The number of anilines is 2. The van der Waals surface area contributed by atoms with Crippen LogP contribution in [0.1, 0.15) is 18.4 Å². The largest absolute Gasteiger partial charge is 0.506 e. The Morgan fingerprint density at radius 3 is 2.73 bits per heavy atom. The molecule has 2 aromatic rings. The number of nitrogens with zero attached hydrogens (tertiary/aromatic N) is 3. The Bertz CT molecular complexity index is 721. The van der Waals surface area contributed by atoms with Crippen molar-refractivity contribution in [2.24, 2.45) is 0 Å². The fourth-order valence-corrected chi connectivity index (χ4v) is 3.42. The third kappa shape index (κ3) is 1.83. The van der Waals surface area contributed by atoms with Crippen LogP contribution in [-0.4, -0.2) is 34.1 Å². The van der Waals surface area contributed by atoms with Crippen molar-refractivity contribution in [3.63, 3.8) is 0 Å². The van der Waals surface area contributed by atoms with E-state index >= 15 is 0 Å². The maximum Gasteiger partial charge on any atom is 0.236 e. The van der Waals surface area contributed by atoms with Crippen molar-refractivity contribution in [2.75, 3.05) is 23.3 Å². The summed E-state index contributed by atoms with van der Waals surface area (Å²) in [6, 6.07) is 7.31. The Morgan fingerprint density at radius 1 is 1.18 bits per heavy atom. The van der Waals surface area contributed by atoms with E-state index in [1.807, 2.05) is 12.1 Å². The third-order valence-corrected chi connectivity index (χ3v) is 4.66. The summed E-state index contributed by atoms with van der Waals surface area (Å²) >= 11 is 0. The first kappa shape index (κ1) is 13.1. The number of pyridine rings is 2. The Kier molecular flexibility index (Phi) is 2.79. The van der Waals surface area contributed by atoms with Crippen LogP contribution in [0.5, 0.6) is 5.75 Å². The van der Waals surface area contributed by atoms with Gasteiger partial charge in [-0.3, -0.25) is 4.79 Å². The molecule has 0 bridgehead atoms. The summed E-state index contributed by atoms with van der Waals surface area (Å²) in [5, 5.41) is 12.2. The van der Waals surface area contributed by atoms with Crippen molar-refractivity contribution < 1.29 is 9.90 Å². The molecule has 1 amide bonds. The fourth-order valence-electron chi connectivity index (χ4n) is 3.42. The van der Waals surface area contributed by atoms with Gasteiger partial charge in [0.05, 0.1) is 11.6 Å². The maximum absolute atomic E-state index is 12.5. The number of rotatable bonds is 1. The molecule has 22 heavy (non-hydrogen) atoms. The Labute approximate surface area is 127 Å². The average molecular weight is 296 g/mol. The Hall–Kier alpha value is -2.63. The zero-order valence-corrected chi connectivity index (χ0v) is 12.0. The van der Waals surface area contributed by atoms with Gasteiger partial charge in [0, 0.05) is 24.8 Å². The molecular formula is C16H16N4O2. The van der Waals surface area contributed by atoms with Gasteiger partial charge in [-0.25, -0.2) is 9.97 Å². The maximum atomic E-state index is 12.5. The Morgan fingerprint density at radius 2 is 2.00 bits per heavy atom. The van der Waals surface area contributed by atoms with Crippen molar-refractivity contribution in [3.05, 3.63) is 42.2 Å². The number of carbonyl (C=O) groups excluding carboxylic acids is 1. The van der Waals surface area contributed by atoms with Gasteiger partial charge in [-0.15, -0.1) is 0 Å². The standard InChI is InChI=1S/C16H16N4O2/c21-11-3-4-13(18-10-11)20-8-5-16(6-9-20)12-2-1-7-17-14(12)19-15(16)22/h1-4,7,10,21H,5-6,8-9H2,(H,17,19,22). The van der Waals surface area contributed by atoms with E-state index in [0.717, 1.165) is 37.3 Å². The molecule has 0 unspecified atom stereocenters. The number of aromatic nitrogens is 2. The molecule has 0 saturated carbocycles. The van der Waals surface area contributed by atoms with Crippen LogP contribution in [0.3, 0.4) is 0 Å². The first-order valence-electron chi connectivity index (χ1n) is 7.36. The summed E-state index contributed by atoms with van der Waals surface area (Å²) in [5.41, 5.74) is 0.551. The number of fused-ring (bicyclic) bond motifs is 2. The highest BCUT2D eigenvalue weighted by Gasteiger charge is 2.49. The van der Waals surface area contributed by atoms with E-state index in [1.54, 1.807) is 18.3 Å². The minimum atomic E-state index is -0.461. The van der Waals surface area contributed by atoms with Crippen LogP contribution < -0.4 is 10.2 Å². The number of carbonyl (C=O) groups is 1. The summed E-state index contributed by atoms with van der Waals surface area (Å²) in [7, 11) is 0. The molecule has 2 aromatic heterocycles. The number of nitrogens with one attached hydrogen (secondary N) is 1. The highest BCUT2D eigenvalue weighted by molar-refractivity contribution is 6.05. The van der Waals surface area contributed by atoms with Gasteiger partial charge in [0.1, 0.15) is 17.4 Å². The van der Waals surface area contributed by atoms with E-state index < -0.39 is 5.41 Å². The molecule has 0 aliphatic carbocycles. The highest BCUT2D eigenvalue weighted by Crippen LogP contribution is 2.44. The summed E-state index contributed by atoms with van der Waals surface area (Å²) in [4.78, 5) is 23.1. The number of hydrogen-bond donors (Lipinski definition) is 2. The monoisotopic (exact) mass is 296 g/mol. The van der Waals surface area contributed by atoms with E-state index in [2.05, 4.69) is 20.2 Å². The molecule has 4 rings (SSSR count). The van der Waals surface area contributed by atoms with Gasteiger partial charge in [0.15, 0.2) is 0 Å². The van der Waals surface area contributed by atoms with Crippen molar-refractivity contribution in [1.29, 1.82) is 0 Å². The molecular weight excluding hydrogens is 280 g/mol. The molecule has 6 heteroatoms. The topological polar surface area (TPSA) is 78.4 Å². The van der Waals surface area contributed by atoms with Gasteiger partial charge in [0.2, 0.25) is 5.91 Å². The third-order valence-electron chi connectivity index (χ3n) is 4.66. The first-order valence-corrected chi connectivity index (χ1v) is 7.36. The number of hydrogen-bond acceptors (Lipinski definition) is 5. The van der Waals surface area contributed by atoms with Crippen molar-refractivity contribution in [3.8, 4) is 5.75 Å². The lowest BCUT2D eigenvalue weighted by Gasteiger charge is -2.38. The summed E-state index contributed by atoms with van der Waals surface area (Å²) in [6.07, 6.45) is 4.62. The molecule has 112 valence electrons. The minimum absolute atomic E-state index is 0.0551. The predicted octanol–water partition coefficient (Wildman–Crippen LogP) is 1.67. The lowest BCUT2D eigenvalue weighted by molar-refractivity contribution is -0.121. The molecule has 1 saturated heterocycles. The van der Waals surface area contributed by atoms with Crippen LogP contribution in [0.2, 0.25) is 0 Å². The van der Waals surface area contributed by atoms with Crippen LogP contribution in [0, 0.1) is 0 Å². The van der Waals surface area contributed by atoms with E-state index in [0.29, 0.717) is 5.82 Å². The van der Waals surface area contributed by atoms with E-state index in [1.165, 1.54) is 6.20 Å². The quantitative estimate of drug-likeness (QED) is 0.837. The molecule has 4 heterocycles. The molecule has 2 aliphatic rings. The van der Waals surface area contributed by atoms with Crippen molar-refractivity contribution in [1.82, 2.24) is 9.97 Å². The summed E-state index contributed by atoms with van der Waals surface area (Å²) in [6.45, 7) is 1.50. The van der Waals surface area contributed by atoms with Gasteiger partial charge >= 0.3 is 0 Å². The molecule has 0 radical (unpaired) electrons. The zero-order chi connectivity index (χ0) is 15.2. The summed E-state index contributed by atoms with van der Waals surface area (Å²) in [5.74, 6) is 1.74. The van der Waals surface area contributed by atoms with Crippen LogP contribution in [-0.2, 0) is 10.2 Å². The second-order valence-electron chi connectivity index (χ2n) is 5.80. The van der Waals surface area contributed by atoms with Crippen LogP contribution in [0.25, 0.3) is 0 Å². The normalized spacial score (nSPS) is 19.1. The molecule has 0 atom stereocenters. The van der Waals surface area contributed by atoms with E-state index in [9.17, 15) is 9.90 Å². The van der Waals surface area contributed by atoms with Gasteiger partial charge in [-0.1, -0.05) is 6.07 Å². The molecule has 2 N–H and O–H groups in total. The van der Waals surface area contributed by atoms with Crippen molar-refractivity contribution >= 4 is 17.5 Å². The van der Waals surface area contributed by atoms with Crippen LogP contribution in [0.4, 0.5) is 11.6 Å². The molecule has 0 aromatic carbocycles. The average Bonchev–Trinajstić information content (AvgIpc) is 2.82. The van der Waals surface area contributed by atoms with Gasteiger partial charge in [-0.2, -0.15) is 0 Å². The molecule has 1 fully saturated rings. The van der Waals surface area contributed by atoms with Gasteiger partial charge < -0.3 is 15.3 Å². The smallest absolute Gasteiger partial charge is 0.236 e. The SMILES string of the molecule is O=C1Nc2ncccc2C12CCN(c1ccc(O)cn1)CC2. The number of piperidine rings is 1. The first-order chi connectivity index (χ1) is 10.7. The second kappa shape index (κ2) is 4.69. The number of aromatic hydroxyl groups is 1. The lowest BCUT2D eigenvalue weighted by atomic mass is 9.74. The zero-order valence-electron chi connectivity index (χ0n) is 12.0. The molecule has 6 nitrogen and oxygen atoms in total. The van der Waals surface area contributed by atoms with Crippen LogP contribution >= 0.6 is 0 Å². The van der Waals surface area contributed by atoms with Gasteiger partial charge in [-0.05, 0) is 31.0 Å². The Balaban J connectivity index is 1.59. The van der Waals surface area contributed by atoms with Gasteiger partial charge in [0.25, 0.3) is 0 Å². The lowest BCUT2D eigenvalue weighted by Crippen LogP contribution is -2.46. The summed E-state index contributed by atoms with van der Waals surface area (Å²) < 4.78 is 0. The van der Waals surface area contributed by atoms with E-state index in [4.69, 9.17) is 0 Å². The predicted molar refractivity (Wildman–Crippen MR) is 81.9 cm³/mol. The second-order valence-corrected chi connectivity index (χ2v) is 5.80. The highest BCUT2D eigenvalue weighted by atomic mass is 16.3.